The minimum absolute atomic E-state index is 0.0344. The number of nitrogens with one attached hydrogen (secondary N) is 2. The Morgan fingerprint density at radius 3 is 2.13 bits per heavy atom. The monoisotopic (exact) mass is 421 g/mol. The average molecular weight is 422 g/mol. The number of carbonyl (C=O) groups excluding carboxylic acids is 3. The van der Waals surface area contributed by atoms with Crippen LogP contribution in [-0.4, -0.2) is 29.3 Å². The lowest BCUT2D eigenvalue weighted by molar-refractivity contribution is -0.125. The third kappa shape index (κ3) is 5.32. The normalized spacial score (nSPS) is 15.2. The molecule has 1 saturated heterocycles. The van der Waals surface area contributed by atoms with Crippen LogP contribution in [0.15, 0.2) is 48.5 Å². The maximum atomic E-state index is 12.9. The van der Waals surface area contributed by atoms with Crippen LogP contribution in [-0.2, 0) is 16.8 Å². The summed E-state index contributed by atoms with van der Waals surface area (Å²) in [5.74, 6) is -0.174. The Labute approximate surface area is 184 Å². The van der Waals surface area contributed by atoms with Crippen LogP contribution in [0.3, 0.4) is 0 Å². The van der Waals surface area contributed by atoms with Gasteiger partial charge in [0, 0.05) is 5.56 Å². The molecule has 0 spiro atoms. The predicted octanol–water partition coefficient (Wildman–Crippen LogP) is 4.16. The molecule has 1 aliphatic rings. The molecule has 2 N–H and O–H groups in total. The van der Waals surface area contributed by atoms with E-state index in [1.165, 1.54) is 10.5 Å². The van der Waals surface area contributed by atoms with Crippen molar-refractivity contribution >= 4 is 17.8 Å². The number of hydrogen-bond acceptors (Lipinski definition) is 3. The van der Waals surface area contributed by atoms with Crippen LogP contribution in [0.2, 0.25) is 0 Å². The van der Waals surface area contributed by atoms with Gasteiger partial charge in [-0.15, -0.1) is 0 Å². The topological polar surface area (TPSA) is 78.5 Å². The lowest BCUT2D eigenvalue weighted by Gasteiger charge is -2.25. The van der Waals surface area contributed by atoms with E-state index in [4.69, 9.17) is 0 Å². The van der Waals surface area contributed by atoms with Gasteiger partial charge in [-0.3, -0.25) is 14.5 Å². The molecular weight excluding hydrogens is 390 g/mol. The Kier molecular flexibility index (Phi) is 6.48. The second-order valence-electron chi connectivity index (χ2n) is 9.40. The van der Waals surface area contributed by atoms with Gasteiger partial charge in [-0.25, -0.2) is 4.79 Å². The minimum atomic E-state index is -0.385. The van der Waals surface area contributed by atoms with Crippen LogP contribution in [0, 0.1) is 5.92 Å². The van der Waals surface area contributed by atoms with Crippen LogP contribution in [0.5, 0.6) is 0 Å². The number of rotatable bonds is 6. The Morgan fingerprint density at radius 1 is 1.03 bits per heavy atom. The summed E-state index contributed by atoms with van der Waals surface area (Å²) in [7, 11) is 0. The van der Waals surface area contributed by atoms with E-state index >= 15 is 0 Å². The molecule has 4 amide bonds. The van der Waals surface area contributed by atoms with E-state index in [-0.39, 0.29) is 48.3 Å². The molecule has 164 valence electrons. The number of benzene rings is 2. The highest BCUT2D eigenvalue weighted by Gasteiger charge is 2.28. The molecule has 3 rings (SSSR count). The van der Waals surface area contributed by atoms with E-state index in [1.54, 1.807) is 24.3 Å². The third-order valence-corrected chi connectivity index (χ3v) is 5.58. The van der Waals surface area contributed by atoms with Crippen LogP contribution in [0.4, 0.5) is 4.79 Å². The van der Waals surface area contributed by atoms with Crippen molar-refractivity contribution in [2.45, 2.75) is 52.6 Å². The molecule has 2 aromatic rings. The summed E-state index contributed by atoms with van der Waals surface area (Å²) >= 11 is 0. The Bertz CT molecular complexity index is 941. The maximum Gasteiger partial charge on any atom is 0.324 e. The number of urea groups is 1. The zero-order valence-electron chi connectivity index (χ0n) is 18.9. The summed E-state index contributed by atoms with van der Waals surface area (Å²) in [6.45, 7) is 10.9. The molecule has 0 saturated carbocycles. The molecule has 31 heavy (non-hydrogen) atoms. The van der Waals surface area contributed by atoms with Gasteiger partial charge >= 0.3 is 6.03 Å². The van der Waals surface area contributed by atoms with Gasteiger partial charge in [-0.2, -0.15) is 0 Å². The van der Waals surface area contributed by atoms with Crippen molar-refractivity contribution in [1.29, 1.82) is 0 Å². The average Bonchev–Trinajstić information content (AvgIpc) is 3.03. The van der Waals surface area contributed by atoms with E-state index in [1.807, 2.05) is 0 Å². The van der Waals surface area contributed by atoms with Gasteiger partial charge in [0.15, 0.2) is 0 Å². The molecule has 1 fully saturated rings. The highest BCUT2D eigenvalue weighted by molar-refractivity contribution is 6.01. The zero-order valence-corrected chi connectivity index (χ0v) is 18.9. The van der Waals surface area contributed by atoms with E-state index < -0.39 is 0 Å². The minimum Gasteiger partial charge on any atom is -0.345 e. The summed E-state index contributed by atoms with van der Waals surface area (Å²) < 4.78 is 0. The van der Waals surface area contributed by atoms with Crippen molar-refractivity contribution in [3.63, 3.8) is 0 Å². The molecule has 0 aliphatic carbocycles. The van der Waals surface area contributed by atoms with Crippen molar-refractivity contribution in [1.82, 2.24) is 15.5 Å². The van der Waals surface area contributed by atoms with E-state index in [0.717, 1.165) is 11.1 Å². The summed E-state index contributed by atoms with van der Waals surface area (Å²) in [5, 5.41) is 5.65. The van der Waals surface area contributed by atoms with Crippen molar-refractivity contribution in [2.24, 2.45) is 5.92 Å². The van der Waals surface area contributed by atoms with Crippen LogP contribution < -0.4 is 10.6 Å². The molecule has 1 aliphatic heterocycles. The highest BCUT2D eigenvalue weighted by Crippen LogP contribution is 2.27. The van der Waals surface area contributed by atoms with E-state index in [0.29, 0.717) is 5.56 Å². The van der Waals surface area contributed by atoms with Gasteiger partial charge in [0.1, 0.15) is 0 Å². The summed E-state index contributed by atoms with van der Waals surface area (Å²) in [5.41, 5.74) is 3.74. The molecule has 6 nitrogen and oxygen atoms in total. The van der Waals surface area contributed by atoms with Gasteiger partial charge in [0.05, 0.1) is 19.1 Å². The number of carbonyl (C=O) groups is 3. The number of imide groups is 1. The quantitative estimate of drug-likeness (QED) is 0.688. The van der Waals surface area contributed by atoms with Crippen LogP contribution >= 0.6 is 0 Å². The molecule has 1 atom stereocenters. The molecule has 1 heterocycles. The maximum absolute atomic E-state index is 12.9. The van der Waals surface area contributed by atoms with Gasteiger partial charge in [-0.1, -0.05) is 71.0 Å². The smallest absolute Gasteiger partial charge is 0.324 e. The fourth-order valence-corrected chi connectivity index (χ4v) is 3.61. The second-order valence-corrected chi connectivity index (χ2v) is 9.40. The van der Waals surface area contributed by atoms with Crippen molar-refractivity contribution < 1.29 is 14.4 Å². The van der Waals surface area contributed by atoms with Gasteiger partial charge < -0.3 is 10.6 Å². The van der Waals surface area contributed by atoms with Crippen LogP contribution in [0.1, 0.15) is 67.7 Å². The standard InChI is InChI=1S/C25H31N3O3/c1-16(2)22(18-10-12-20(13-11-18)25(3,4)5)27-23(30)19-8-6-17(7-9-19)15-28-21(29)14-26-24(28)31/h6-13,16,22H,14-15H2,1-5H3,(H,26,31)(H,27,30). The van der Waals surface area contributed by atoms with Gasteiger partial charge in [0.25, 0.3) is 5.91 Å². The molecule has 0 radical (unpaired) electrons. The van der Waals surface area contributed by atoms with E-state index in [2.05, 4.69) is 69.5 Å². The molecule has 0 bridgehead atoms. The van der Waals surface area contributed by atoms with Gasteiger partial charge in [-0.05, 0) is 40.2 Å². The number of hydrogen-bond donors (Lipinski definition) is 2. The SMILES string of the molecule is CC(C)C(NC(=O)c1ccc(CN2C(=O)CNC2=O)cc1)c1ccc(C(C)(C)C)cc1. The Hall–Kier alpha value is -3.15. The van der Waals surface area contributed by atoms with Crippen molar-refractivity contribution in [3.8, 4) is 0 Å². The molecule has 1 unspecified atom stereocenters. The summed E-state index contributed by atoms with van der Waals surface area (Å²) in [6, 6.07) is 14.9. The van der Waals surface area contributed by atoms with Crippen molar-refractivity contribution in [3.05, 3.63) is 70.8 Å². The highest BCUT2D eigenvalue weighted by atomic mass is 16.2. The number of amides is 4. The van der Waals surface area contributed by atoms with Gasteiger partial charge in [0.2, 0.25) is 5.91 Å². The lowest BCUT2D eigenvalue weighted by atomic mass is 9.85. The third-order valence-electron chi connectivity index (χ3n) is 5.58. The molecule has 2 aromatic carbocycles. The first-order valence-electron chi connectivity index (χ1n) is 10.6. The molecule has 0 aromatic heterocycles. The second kappa shape index (κ2) is 8.92. The predicted molar refractivity (Wildman–Crippen MR) is 121 cm³/mol. The van der Waals surface area contributed by atoms with Crippen LogP contribution in [0.25, 0.3) is 0 Å². The van der Waals surface area contributed by atoms with E-state index in [9.17, 15) is 14.4 Å². The Morgan fingerprint density at radius 2 is 1.65 bits per heavy atom. The first-order chi connectivity index (χ1) is 14.6. The first kappa shape index (κ1) is 22.5. The molecule has 6 heteroatoms. The Balaban J connectivity index is 1.69. The first-order valence-corrected chi connectivity index (χ1v) is 10.6. The largest absolute Gasteiger partial charge is 0.345 e. The fourth-order valence-electron chi connectivity index (χ4n) is 3.61. The number of nitrogens with zero attached hydrogens (tertiary/aromatic N) is 1. The molecular formula is C25H31N3O3. The summed E-state index contributed by atoms with van der Waals surface area (Å²) in [6.07, 6.45) is 0. The lowest BCUT2D eigenvalue weighted by Crippen LogP contribution is -2.32. The van der Waals surface area contributed by atoms with Crippen molar-refractivity contribution in [2.75, 3.05) is 6.54 Å². The zero-order chi connectivity index (χ0) is 22.8. The fraction of sp³-hybridized carbons (Fsp3) is 0.400. The summed E-state index contributed by atoms with van der Waals surface area (Å²) in [4.78, 5) is 37.5.